The monoisotopic (exact) mass is 290 g/mol. The number of methoxy groups -OCH3 is 1. The minimum Gasteiger partial charge on any atom is -0.497 e. The summed E-state index contributed by atoms with van der Waals surface area (Å²) in [5, 5.41) is 8.06. The third-order valence-corrected chi connectivity index (χ3v) is 3.00. The summed E-state index contributed by atoms with van der Waals surface area (Å²) in [4.78, 5) is 0. The van der Waals surface area contributed by atoms with E-state index >= 15 is 0 Å². The molecule has 5 heteroatoms. The SMILES string of the molecule is COc1cccc(COc2ccc(Cl)cc2C(=N)N)c1. The molecule has 0 bridgehead atoms. The highest BCUT2D eigenvalue weighted by Gasteiger charge is 2.08. The molecule has 0 saturated heterocycles. The summed E-state index contributed by atoms with van der Waals surface area (Å²) in [6.45, 7) is 0.360. The number of nitrogens with two attached hydrogens (primary N) is 1. The smallest absolute Gasteiger partial charge is 0.130 e. The van der Waals surface area contributed by atoms with E-state index in [-0.39, 0.29) is 5.84 Å². The maximum atomic E-state index is 7.54. The first kappa shape index (κ1) is 14.2. The Labute approximate surface area is 122 Å². The van der Waals surface area contributed by atoms with Crippen molar-refractivity contribution >= 4 is 17.4 Å². The Morgan fingerprint density at radius 2 is 2.05 bits per heavy atom. The highest BCUT2D eigenvalue weighted by Crippen LogP contribution is 2.24. The van der Waals surface area contributed by atoms with Gasteiger partial charge in [0.25, 0.3) is 0 Å². The summed E-state index contributed by atoms with van der Waals surface area (Å²) in [7, 11) is 1.62. The summed E-state index contributed by atoms with van der Waals surface area (Å²) in [5.74, 6) is 1.23. The number of nitrogens with one attached hydrogen (secondary N) is 1. The standard InChI is InChI=1S/C15H15ClN2O2/c1-19-12-4-2-3-10(7-12)9-20-14-6-5-11(16)8-13(14)15(17)18/h2-8H,9H2,1H3,(H3,17,18). The summed E-state index contributed by atoms with van der Waals surface area (Å²) in [6, 6.07) is 12.6. The van der Waals surface area contributed by atoms with Gasteiger partial charge in [0.2, 0.25) is 0 Å². The van der Waals surface area contributed by atoms with Gasteiger partial charge in [0.1, 0.15) is 23.9 Å². The summed E-state index contributed by atoms with van der Waals surface area (Å²) in [6.07, 6.45) is 0. The third kappa shape index (κ3) is 3.42. The van der Waals surface area contributed by atoms with Gasteiger partial charge >= 0.3 is 0 Å². The van der Waals surface area contributed by atoms with Gasteiger partial charge in [0, 0.05) is 5.02 Å². The molecule has 0 aliphatic carbocycles. The number of hydrogen-bond donors (Lipinski definition) is 2. The van der Waals surface area contributed by atoms with E-state index in [2.05, 4.69) is 0 Å². The van der Waals surface area contributed by atoms with Crippen LogP contribution in [0.2, 0.25) is 5.02 Å². The van der Waals surface area contributed by atoms with Crippen LogP contribution in [0.1, 0.15) is 11.1 Å². The number of amidine groups is 1. The van der Waals surface area contributed by atoms with E-state index < -0.39 is 0 Å². The second-order valence-electron chi connectivity index (χ2n) is 4.19. The molecule has 0 amide bonds. The van der Waals surface area contributed by atoms with Crippen LogP contribution in [-0.2, 0) is 6.61 Å². The lowest BCUT2D eigenvalue weighted by Crippen LogP contribution is -2.13. The van der Waals surface area contributed by atoms with E-state index in [0.717, 1.165) is 11.3 Å². The largest absolute Gasteiger partial charge is 0.497 e. The van der Waals surface area contributed by atoms with Crippen LogP contribution in [0.15, 0.2) is 42.5 Å². The Bertz CT molecular complexity index is 629. The van der Waals surface area contributed by atoms with Crippen molar-refractivity contribution < 1.29 is 9.47 Å². The number of benzene rings is 2. The van der Waals surface area contributed by atoms with Gasteiger partial charge in [0.15, 0.2) is 0 Å². The average Bonchev–Trinajstić information content (AvgIpc) is 2.46. The molecule has 104 valence electrons. The predicted molar refractivity (Wildman–Crippen MR) is 79.8 cm³/mol. The number of halogens is 1. The zero-order chi connectivity index (χ0) is 14.5. The van der Waals surface area contributed by atoms with Crippen molar-refractivity contribution in [2.24, 2.45) is 5.73 Å². The third-order valence-electron chi connectivity index (χ3n) is 2.76. The van der Waals surface area contributed by atoms with Gasteiger partial charge in [-0.1, -0.05) is 23.7 Å². The molecule has 0 aliphatic rings. The van der Waals surface area contributed by atoms with Gasteiger partial charge in [0.05, 0.1) is 12.7 Å². The fourth-order valence-electron chi connectivity index (χ4n) is 1.76. The first-order valence-electron chi connectivity index (χ1n) is 6.00. The van der Waals surface area contributed by atoms with Crippen LogP contribution in [0.25, 0.3) is 0 Å². The predicted octanol–water partition coefficient (Wildman–Crippen LogP) is 3.21. The van der Waals surface area contributed by atoms with Crippen LogP contribution in [0, 0.1) is 5.41 Å². The highest BCUT2D eigenvalue weighted by atomic mass is 35.5. The minimum absolute atomic E-state index is 0.0758. The molecule has 0 heterocycles. The molecule has 3 N–H and O–H groups in total. The Morgan fingerprint density at radius 3 is 2.75 bits per heavy atom. The van der Waals surface area contributed by atoms with Gasteiger partial charge < -0.3 is 15.2 Å². The van der Waals surface area contributed by atoms with Gasteiger partial charge in [-0.25, -0.2) is 0 Å². The maximum absolute atomic E-state index is 7.54. The van der Waals surface area contributed by atoms with Crippen LogP contribution in [0.3, 0.4) is 0 Å². The van der Waals surface area contributed by atoms with Crippen molar-refractivity contribution in [3.05, 3.63) is 58.6 Å². The second kappa shape index (κ2) is 6.30. The van der Waals surface area contributed by atoms with Crippen LogP contribution < -0.4 is 15.2 Å². The highest BCUT2D eigenvalue weighted by molar-refractivity contribution is 6.31. The molecule has 2 aromatic carbocycles. The molecular formula is C15H15ClN2O2. The van der Waals surface area contributed by atoms with Gasteiger partial charge in [-0.2, -0.15) is 0 Å². The van der Waals surface area contributed by atoms with Crippen molar-refractivity contribution in [1.29, 1.82) is 5.41 Å². The fraction of sp³-hybridized carbons (Fsp3) is 0.133. The number of hydrogen-bond acceptors (Lipinski definition) is 3. The quantitative estimate of drug-likeness (QED) is 0.656. The average molecular weight is 291 g/mol. The second-order valence-corrected chi connectivity index (χ2v) is 4.63. The lowest BCUT2D eigenvalue weighted by molar-refractivity contribution is 0.304. The van der Waals surface area contributed by atoms with E-state index in [1.54, 1.807) is 25.3 Å². The van der Waals surface area contributed by atoms with Gasteiger partial charge in [-0.15, -0.1) is 0 Å². The molecule has 0 spiro atoms. The molecule has 0 radical (unpaired) electrons. The lowest BCUT2D eigenvalue weighted by Gasteiger charge is -2.11. The zero-order valence-electron chi connectivity index (χ0n) is 11.0. The first-order valence-corrected chi connectivity index (χ1v) is 6.37. The van der Waals surface area contributed by atoms with E-state index in [9.17, 15) is 0 Å². The molecule has 2 aromatic rings. The Balaban J connectivity index is 2.16. The molecular weight excluding hydrogens is 276 g/mol. The van der Waals surface area contributed by atoms with Crippen molar-refractivity contribution in [1.82, 2.24) is 0 Å². The van der Waals surface area contributed by atoms with Crippen molar-refractivity contribution in [3.63, 3.8) is 0 Å². The minimum atomic E-state index is -0.0758. The Hall–Kier alpha value is -2.20. The van der Waals surface area contributed by atoms with Gasteiger partial charge in [-0.3, -0.25) is 5.41 Å². The Kier molecular flexibility index (Phi) is 4.48. The summed E-state index contributed by atoms with van der Waals surface area (Å²) in [5.41, 5.74) is 6.98. The van der Waals surface area contributed by atoms with Crippen molar-refractivity contribution in [2.45, 2.75) is 6.61 Å². The molecule has 0 aromatic heterocycles. The topological polar surface area (TPSA) is 68.3 Å². The van der Waals surface area contributed by atoms with E-state index in [1.807, 2.05) is 24.3 Å². The first-order chi connectivity index (χ1) is 9.60. The Morgan fingerprint density at radius 1 is 1.25 bits per heavy atom. The maximum Gasteiger partial charge on any atom is 0.130 e. The van der Waals surface area contributed by atoms with Crippen LogP contribution in [0.4, 0.5) is 0 Å². The van der Waals surface area contributed by atoms with Crippen molar-refractivity contribution in [3.8, 4) is 11.5 Å². The molecule has 0 aliphatic heterocycles. The molecule has 0 saturated carbocycles. The van der Waals surface area contributed by atoms with Crippen LogP contribution in [-0.4, -0.2) is 12.9 Å². The summed E-state index contributed by atoms with van der Waals surface area (Å²) < 4.78 is 10.9. The van der Waals surface area contributed by atoms with E-state index in [0.29, 0.717) is 22.9 Å². The molecule has 0 unspecified atom stereocenters. The molecule has 0 atom stereocenters. The normalized spacial score (nSPS) is 10.1. The molecule has 2 rings (SSSR count). The van der Waals surface area contributed by atoms with Crippen LogP contribution in [0.5, 0.6) is 11.5 Å². The number of nitrogen functional groups attached to an aromatic ring is 1. The van der Waals surface area contributed by atoms with E-state index in [1.165, 1.54) is 0 Å². The number of ether oxygens (including phenoxy) is 2. The molecule has 0 fully saturated rings. The zero-order valence-corrected chi connectivity index (χ0v) is 11.8. The van der Waals surface area contributed by atoms with Crippen LogP contribution >= 0.6 is 11.6 Å². The molecule has 4 nitrogen and oxygen atoms in total. The van der Waals surface area contributed by atoms with Crippen molar-refractivity contribution in [2.75, 3.05) is 7.11 Å². The molecule has 20 heavy (non-hydrogen) atoms. The number of rotatable bonds is 5. The fourth-order valence-corrected chi connectivity index (χ4v) is 1.93. The van der Waals surface area contributed by atoms with E-state index in [4.69, 9.17) is 32.2 Å². The van der Waals surface area contributed by atoms with Gasteiger partial charge in [-0.05, 0) is 35.9 Å². The lowest BCUT2D eigenvalue weighted by atomic mass is 10.2. The summed E-state index contributed by atoms with van der Waals surface area (Å²) >= 11 is 5.89.